The van der Waals surface area contributed by atoms with Gasteiger partial charge in [0.25, 0.3) is 0 Å². The van der Waals surface area contributed by atoms with Gasteiger partial charge in [-0.2, -0.15) is 0 Å². The lowest BCUT2D eigenvalue weighted by molar-refractivity contribution is 0.309. The van der Waals surface area contributed by atoms with Crippen LogP contribution in [0.25, 0.3) is 0 Å². The maximum absolute atomic E-state index is 6.06. The maximum Gasteiger partial charge on any atom is 0.0206 e. The Hall–Kier alpha value is -0.0900. The van der Waals surface area contributed by atoms with E-state index in [-0.39, 0.29) is 12.4 Å². The van der Waals surface area contributed by atoms with Gasteiger partial charge >= 0.3 is 0 Å². The molecule has 1 aliphatic rings. The van der Waals surface area contributed by atoms with Crippen molar-refractivity contribution in [2.45, 2.75) is 25.8 Å². The minimum atomic E-state index is 0. The first-order valence-electron chi connectivity index (χ1n) is 6.29. The van der Waals surface area contributed by atoms with Crippen LogP contribution in [-0.2, 0) is 0 Å². The minimum Gasteiger partial charge on any atom is -0.326 e. The van der Waals surface area contributed by atoms with Crippen molar-refractivity contribution in [2.24, 2.45) is 11.7 Å². The summed E-state index contributed by atoms with van der Waals surface area (Å²) >= 11 is 3.53. The van der Waals surface area contributed by atoms with Crippen molar-refractivity contribution in [1.82, 2.24) is 4.90 Å². The Morgan fingerprint density at radius 1 is 1.44 bits per heavy atom. The third-order valence-corrected chi connectivity index (χ3v) is 4.19. The molecule has 2 N–H and O–H groups in total. The van der Waals surface area contributed by atoms with Crippen LogP contribution >= 0.6 is 28.3 Å². The molecule has 1 aliphatic heterocycles. The van der Waals surface area contributed by atoms with Gasteiger partial charge in [-0.05, 0) is 29.5 Å². The predicted octanol–water partition coefficient (Wildman–Crippen LogP) is 3.25. The summed E-state index contributed by atoms with van der Waals surface area (Å²) in [6.45, 7) is 7.82. The summed E-state index contributed by atoms with van der Waals surface area (Å²) in [7, 11) is 0. The molecule has 0 bridgehead atoms. The molecule has 4 heteroatoms. The number of nitrogens with zero attached hydrogens (tertiary/aromatic N) is 1. The lowest BCUT2D eigenvalue weighted by Gasteiger charge is -2.21. The number of hydrogen-bond acceptors (Lipinski definition) is 2. The maximum atomic E-state index is 6.06. The molecule has 102 valence electrons. The van der Waals surface area contributed by atoms with Crippen LogP contribution in [0.5, 0.6) is 0 Å². The molecule has 0 spiro atoms. The average molecular weight is 334 g/mol. The first kappa shape index (κ1) is 16.0. The molecule has 1 aromatic rings. The van der Waals surface area contributed by atoms with Gasteiger partial charge in [0.05, 0.1) is 0 Å². The molecule has 0 aliphatic carbocycles. The van der Waals surface area contributed by atoms with E-state index in [1.54, 1.807) is 0 Å². The van der Waals surface area contributed by atoms with Crippen molar-refractivity contribution >= 4 is 28.3 Å². The highest BCUT2D eigenvalue weighted by atomic mass is 79.9. The van der Waals surface area contributed by atoms with Gasteiger partial charge < -0.3 is 10.6 Å². The van der Waals surface area contributed by atoms with Crippen LogP contribution in [0.4, 0.5) is 0 Å². The van der Waals surface area contributed by atoms with Crippen LogP contribution in [0.1, 0.15) is 25.3 Å². The first-order valence-corrected chi connectivity index (χ1v) is 7.09. The zero-order valence-electron chi connectivity index (χ0n) is 11.0. The van der Waals surface area contributed by atoms with Crippen molar-refractivity contribution in [3.8, 4) is 0 Å². The molecule has 0 saturated carbocycles. The van der Waals surface area contributed by atoms with Crippen molar-refractivity contribution in [3.05, 3.63) is 34.3 Å². The van der Waals surface area contributed by atoms with E-state index in [0.29, 0.717) is 17.9 Å². The zero-order valence-corrected chi connectivity index (χ0v) is 13.4. The van der Waals surface area contributed by atoms with Gasteiger partial charge in [0.2, 0.25) is 0 Å². The van der Waals surface area contributed by atoms with Crippen molar-refractivity contribution in [3.63, 3.8) is 0 Å². The van der Waals surface area contributed by atoms with E-state index in [2.05, 4.69) is 58.9 Å². The molecule has 0 aromatic heterocycles. The van der Waals surface area contributed by atoms with E-state index in [1.165, 1.54) is 5.56 Å². The van der Waals surface area contributed by atoms with Gasteiger partial charge in [-0.25, -0.2) is 0 Å². The molecular weight excluding hydrogens is 312 g/mol. The molecular formula is C14H22BrClN2. The highest BCUT2D eigenvalue weighted by Crippen LogP contribution is 2.23. The molecule has 1 aromatic carbocycles. The van der Waals surface area contributed by atoms with Gasteiger partial charge in [-0.3, -0.25) is 0 Å². The number of hydrogen-bond donors (Lipinski definition) is 1. The Labute approximate surface area is 124 Å². The summed E-state index contributed by atoms with van der Waals surface area (Å²) < 4.78 is 1.16. The second-order valence-electron chi connectivity index (χ2n) is 5.32. The second-order valence-corrected chi connectivity index (χ2v) is 6.23. The Morgan fingerprint density at radius 3 is 2.72 bits per heavy atom. The number of rotatable bonds is 3. The Kier molecular flexibility index (Phi) is 6.12. The average Bonchev–Trinajstić information content (AvgIpc) is 2.58. The highest BCUT2D eigenvalue weighted by Gasteiger charge is 2.27. The van der Waals surface area contributed by atoms with Gasteiger partial charge in [0.1, 0.15) is 0 Å². The summed E-state index contributed by atoms with van der Waals surface area (Å²) in [6.07, 6.45) is 0. The molecule has 1 heterocycles. The smallest absolute Gasteiger partial charge is 0.0206 e. The van der Waals surface area contributed by atoms with E-state index in [9.17, 15) is 0 Å². The molecule has 1 saturated heterocycles. The van der Waals surface area contributed by atoms with E-state index >= 15 is 0 Å². The van der Waals surface area contributed by atoms with Gasteiger partial charge in [0.15, 0.2) is 0 Å². The number of halogens is 2. The molecule has 3 unspecified atom stereocenters. The Balaban J connectivity index is 0.00000162. The first-order chi connectivity index (χ1) is 8.06. The molecule has 2 rings (SSSR count). The fourth-order valence-corrected chi connectivity index (χ4v) is 2.97. The molecule has 18 heavy (non-hydrogen) atoms. The second kappa shape index (κ2) is 6.90. The molecule has 3 atom stereocenters. The minimum absolute atomic E-state index is 0. The summed E-state index contributed by atoms with van der Waals surface area (Å²) in [6, 6.07) is 8.95. The zero-order chi connectivity index (χ0) is 12.4. The third kappa shape index (κ3) is 3.95. The standard InChI is InChI=1S/C14H21BrN2.ClH/c1-10(12-4-3-5-13(15)6-12)7-17-8-11(2)14(16)9-17;/h3-6,10-11,14H,7-9,16H2,1-2H3;1H. The van der Waals surface area contributed by atoms with E-state index in [0.717, 1.165) is 24.1 Å². The molecule has 0 amide bonds. The quantitative estimate of drug-likeness (QED) is 0.920. The van der Waals surface area contributed by atoms with E-state index in [4.69, 9.17) is 5.73 Å². The van der Waals surface area contributed by atoms with Crippen molar-refractivity contribution in [2.75, 3.05) is 19.6 Å². The predicted molar refractivity (Wildman–Crippen MR) is 83.4 cm³/mol. The lowest BCUT2D eigenvalue weighted by Crippen LogP contribution is -2.30. The topological polar surface area (TPSA) is 29.3 Å². The van der Waals surface area contributed by atoms with Gasteiger partial charge in [-0.15, -0.1) is 12.4 Å². The Bertz CT molecular complexity index is 376. The SMILES string of the molecule is CC(CN1CC(C)C(N)C1)c1cccc(Br)c1.Cl. The van der Waals surface area contributed by atoms with Crippen LogP contribution in [0.2, 0.25) is 0 Å². The number of nitrogens with two attached hydrogens (primary N) is 1. The summed E-state index contributed by atoms with van der Waals surface area (Å²) in [4.78, 5) is 2.49. The molecule has 2 nitrogen and oxygen atoms in total. The van der Waals surface area contributed by atoms with E-state index in [1.807, 2.05) is 0 Å². The fraction of sp³-hybridized carbons (Fsp3) is 0.571. The van der Waals surface area contributed by atoms with Crippen LogP contribution in [-0.4, -0.2) is 30.6 Å². The van der Waals surface area contributed by atoms with Crippen LogP contribution < -0.4 is 5.73 Å². The number of likely N-dealkylation sites (tertiary alicyclic amines) is 1. The molecule has 1 fully saturated rings. The van der Waals surface area contributed by atoms with Crippen molar-refractivity contribution in [1.29, 1.82) is 0 Å². The number of benzene rings is 1. The van der Waals surface area contributed by atoms with Crippen LogP contribution in [0, 0.1) is 5.92 Å². The van der Waals surface area contributed by atoms with E-state index < -0.39 is 0 Å². The van der Waals surface area contributed by atoms with Gasteiger partial charge in [-0.1, -0.05) is 41.9 Å². The highest BCUT2D eigenvalue weighted by molar-refractivity contribution is 9.10. The summed E-state index contributed by atoms with van der Waals surface area (Å²) in [5.41, 5.74) is 7.45. The summed E-state index contributed by atoms with van der Waals surface area (Å²) in [5.74, 6) is 1.19. The lowest BCUT2D eigenvalue weighted by atomic mass is 10.0. The summed E-state index contributed by atoms with van der Waals surface area (Å²) in [5, 5.41) is 0. The largest absolute Gasteiger partial charge is 0.326 e. The third-order valence-electron chi connectivity index (χ3n) is 3.70. The normalized spacial score (nSPS) is 25.8. The van der Waals surface area contributed by atoms with Gasteiger partial charge in [0, 0.05) is 30.1 Å². The monoisotopic (exact) mass is 332 g/mol. The van der Waals surface area contributed by atoms with Crippen LogP contribution in [0.15, 0.2) is 28.7 Å². The van der Waals surface area contributed by atoms with Crippen molar-refractivity contribution < 1.29 is 0 Å². The molecule has 0 radical (unpaired) electrons. The fourth-order valence-electron chi connectivity index (χ4n) is 2.55. The van der Waals surface area contributed by atoms with Crippen LogP contribution in [0.3, 0.4) is 0 Å². The Morgan fingerprint density at radius 2 is 2.17 bits per heavy atom.